The molecule has 0 unspecified atom stereocenters. The fourth-order valence-corrected chi connectivity index (χ4v) is 2.96. The number of aromatic nitrogens is 1. The summed E-state index contributed by atoms with van der Waals surface area (Å²) in [6.07, 6.45) is 6.38. The van der Waals surface area contributed by atoms with Crippen molar-refractivity contribution in [2.75, 3.05) is 0 Å². The first-order chi connectivity index (χ1) is 11.1. The van der Waals surface area contributed by atoms with Crippen LogP contribution in [0.15, 0.2) is 54.9 Å². The lowest BCUT2D eigenvalue weighted by atomic mass is 9.81. The third kappa shape index (κ3) is 3.98. The summed E-state index contributed by atoms with van der Waals surface area (Å²) in [6, 6.07) is 14.7. The molecule has 1 aromatic heterocycles. The maximum atomic E-state index is 12.9. The molecule has 0 aliphatic heterocycles. The number of nitrogens with zero attached hydrogens (tertiary/aromatic N) is 2. The molecule has 120 valence electrons. The second kappa shape index (κ2) is 6.53. The number of amides is 1. The molecule has 0 bridgehead atoms. The molecule has 1 amide bonds. The topological polar surface area (TPSA) is 33.2 Å². The van der Waals surface area contributed by atoms with Gasteiger partial charge in [-0.05, 0) is 41.5 Å². The molecule has 1 aromatic carbocycles. The monoisotopic (exact) mass is 308 g/mol. The van der Waals surface area contributed by atoms with Crippen LogP contribution in [0.25, 0.3) is 0 Å². The summed E-state index contributed by atoms with van der Waals surface area (Å²) < 4.78 is 0. The Morgan fingerprint density at radius 1 is 1.13 bits per heavy atom. The molecule has 3 rings (SSSR count). The van der Waals surface area contributed by atoms with E-state index in [0.717, 1.165) is 18.4 Å². The SMILES string of the molecule is CC(C)(CC(=O)N(Cc1ccncc1)C1CC1)c1ccccc1. The van der Waals surface area contributed by atoms with E-state index in [1.807, 2.05) is 30.3 Å². The van der Waals surface area contributed by atoms with E-state index in [9.17, 15) is 4.79 Å². The summed E-state index contributed by atoms with van der Waals surface area (Å²) >= 11 is 0. The molecule has 0 N–H and O–H groups in total. The van der Waals surface area contributed by atoms with Crippen molar-refractivity contribution in [2.24, 2.45) is 0 Å². The Kier molecular flexibility index (Phi) is 4.46. The smallest absolute Gasteiger partial charge is 0.223 e. The van der Waals surface area contributed by atoms with Gasteiger partial charge >= 0.3 is 0 Å². The van der Waals surface area contributed by atoms with Gasteiger partial charge in [0, 0.05) is 31.4 Å². The van der Waals surface area contributed by atoms with Crippen molar-refractivity contribution in [3.63, 3.8) is 0 Å². The van der Waals surface area contributed by atoms with Crippen molar-refractivity contribution < 1.29 is 4.79 Å². The third-order valence-electron chi connectivity index (χ3n) is 4.56. The Hall–Kier alpha value is -2.16. The summed E-state index contributed by atoms with van der Waals surface area (Å²) in [6.45, 7) is 4.99. The minimum Gasteiger partial charge on any atom is -0.335 e. The number of carbonyl (C=O) groups excluding carboxylic acids is 1. The first-order valence-corrected chi connectivity index (χ1v) is 8.30. The first-order valence-electron chi connectivity index (χ1n) is 8.30. The van der Waals surface area contributed by atoms with Gasteiger partial charge in [0.05, 0.1) is 0 Å². The molecule has 2 aromatic rings. The molecule has 1 saturated carbocycles. The van der Waals surface area contributed by atoms with Crippen molar-refractivity contribution in [1.29, 1.82) is 0 Å². The van der Waals surface area contributed by atoms with Crippen molar-refractivity contribution in [3.05, 3.63) is 66.0 Å². The van der Waals surface area contributed by atoms with E-state index in [2.05, 4.69) is 35.9 Å². The van der Waals surface area contributed by atoms with Crippen LogP contribution < -0.4 is 0 Å². The zero-order valence-electron chi connectivity index (χ0n) is 13.9. The van der Waals surface area contributed by atoms with E-state index in [1.54, 1.807) is 12.4 Å². The second-order valence-corrected chi connectivity index (χ2v) is 7.03. The van der Waals surface area contributed by atoms with Crippen LogP contribution in [0.3, 0.4) is 0 Å². The molecule has 0 spiro atoms. The highest BCUT2D eigenvalue weighted by Crippen LogP contribution is 2.33. The van der Waals surface area contributed by atoms with E-state index in [0.29, 0.717) is 19.0 Å². The highest BCUT2D eigenvalue weighted by molar-refractivity contribution is 5.78. The van der Waals surface area contributed by atoms with Crippen molar-refractivity contribution in [1.82, 2.24) is 9.88 Å². The molecule has 0 saturated heterocycles. The fraction of sp³-hybridized carbons (Fsp3) is 0.400. The zero-order chi connectivity index (χ0) is 16.3. The summed E-state index contributed by atoms with van der Waals surface area (Å²) in [5.41, 5.74) is 2.22. The van der Waals surface area contributed by atoms with Gasteiger partial charge in [0.15, 0.2) is 0 Å². The quantitative estimate of drug-likeness (QED) is 0.810. The van der Waals surface area contributed by atoms with Crippen molar-refractivity contribution >= 4 is 5.91 Å². The molecule has 1 aliphatic carbocycles. The second-order valence-electron chi connectivity index (χ2n) is 7.03. The Labute approximate surface area is 138 Å². The van der Waals surface area contributed by atoms with E-state index in [1.165, 1.54) is 5.56 Å². The lowest BCUT2D eigenvalue weighted by Gasteiger charge is -2.29. The normalized spacial score (nSPS) is 14.5. The molecular weight excluding hydrogens is 284 g/mol. The third-order valence-corrected chi connectivity index (χ3v) is 4.56. The molecule has 1 fully saturated rings. The van der Waals surface area contributed by atoms with Gasteiger partial charge < -0.3 is 4.90 Å². The summed E-state index contributed by atoms with van der Waals surface area (Å²) in [7, 11) is 0. The van der Waals surface area contributed by atoms with Crippen LogP contribution in [0.5, 0.6) is 0 Å². The van der Waals surface area contributed by atoms with Gasteiger partial charge in [0.1, 0.15) is 0 Å². The van der Waals surface area contributed by atoms with Crippen LogP contribution in [-0.4, -0.2) is 21.8 Å². The van der Waals surface area contributed by atoms with Gasteiger partial charge in [-0.15, -0.1) is 0 Å². The lowest BCUT2D eigenvalue weighted by molar-refractivity contribution is -0.133. The fourth-order valence-electron chi connectivity index (χ4n) is 2.96. The minimum atomic E-state index is -0.149. The Bertz CT molecular complexity index is 648. The number of hydrogen-bond donors (Lipinski definition) is 0. The van der Waals surface area contributed by atoms with Gasteiger partial charge in [-0.1, -0.05) is 44.2 Å². The Morgan fingerprint density at radius 3 is 2.39 bits per heavy atom. The molecule has 3 nitrogen and oxygen atoms in total. The number of benzene rings is 1. The molecule has 23 heavy (non-hydrogen) atoms. The first kappa shape index (κ1) is 15.7. The standard InChI is InChI=1S/C20H24N2O/c1-20(2,17-6-4-3-5-7-17)14-19(23)22(18-8-9-18)15-16-10-12-21-13-11-16/h3-7,10-13,18H,8-9,14-15H2,1-2H3. The van der Waals surface area contributed by atoms with Crippen LogP contribution in [0, 0.1) is 0 Å². The maximum Gasteiger partial charge on any atom is 0.223 e. The van der Waals surface area contributed by atoms with Crippen LogP contribution in [0.4, 0.5) is 0 Å². The number of hydrogen-bond acceptors (Lipinski definition) is 2. The van der Waals surface area contributed by atoms with Crippen molar-refractivity contribution in [3.8, 4) is 0 Å². The average molecular weight is 308 g/mol. The van der Waals surface area contributed by atoms with Gasteiger partial charge in [0.25, 0.3) is 0 Å². The Morgan fingerprint density at radius 2 is 1.78 bits per heavy atom. The summed E-state index contributed by atoms with van der Waals surface area (Å²) in [5, 5.41) is 0. The highest BCUT2D eigenvalue weighted by Gasteiger charge is 2.35. The molecular formula is C20H24N2O. The largest absolute Gasteiger partial charge is 0.335 e. The molecule has 0 atom stereocenters. The Balaban J connectivity index is 1.72. The van der Waals surface area contributed by atoms with Crippen LogP contribution in [-0.2, 0) is 16.8 Å². The highest BCUT2D eigenvalue weighted by atomic mass is 16.2. The predicted octanol–water partition coefficient (Wildman–Crippen LogP) is 3.94. The van der Waals surface area contributed by atoms with E-state index >= 15 is 0 Å². The number of rotatable bonds is 6. The van der Waals surface area contributed by atoms with Gasteiger partial charge in [-0.25, -0.2) is 0 Å². The summed E-state index contributed by atoms with van der Waals surface area (Å²) in [5.74, 6) is 0.248. The van der Waals surface area contributed by atoms with Crippen molar-refractivity contribution in [2.45, 2.75) is 51.1 Å². The van der Waals surface area contributed by atoms with Gasteiger partial charge in [-0.3, -0.25) is 9.78 Å². The number of carbonyl (C=O) groups is 1. The predicted molar refractivity (Wildman–Crippen MR) is 91.9 cm³/mol. The van der Waals surface area contributed by atoms with Crippen LogP contribution in [0.1, 0.15) is 44.2 Å². The van der Waals surface area contributed by atoms with E-state index < -0.39 is 0 Å². The molecule has 1 heterocycles. The van der Waals surface area contributed by atoms with Crippen LogP contribution in [0.2, 0.25) is 0 Å². The average Bonchev–Trinajstić information content (AvgIpc) is 3.39. The minimum absolute atomic E-state index is 0.149. The zero-order valence-corrected chi connectivity index (χ0v) is 13.9. The number of pyridine rings is 1. The van der Waals surface area contributed by atoms with E-state index in [-0.39, 0.29) is 11.3 Å². The molecule has 0 radical (unpaired) electrons. The van der Waals surface area contributed by atoms with Gasteiger partial charge in [0.2, 0.25) is 5.91 Å². The lowest BCUT2D eigenvalue weighted by Crippen LogP contribution is -2.36. The van der Waals surface area contributed by atoms with E-state index in [4.69, 9.17) is 0 Å². The maximum absolute atomic E-state index is 12.9. The summed E-state index contributed by atoms with van der Waals surface area (Å²) in [4.78, 5) is 19.0. The molecule has 1 aliphatic rings. The molecule has 3 heteroatoms. The van der Waals surface area contributed by atoms with Crippen LogP contribution >= 0.6 is 0 Å². The van der Waals surface area contributed by atoms with Gasteiger partial charge in [-0.2, -0.15) is 0 Å².